The van der Waals surface area contributed by atoms with Crippen LogP contribution in [0.5, 0.6) is 0 Å². The molecule has 0 radical (unpaired) electrons. The highest BCUT2D eigenvalue weighted by Crippen LogP contribution is 2.57. The predicted molar refractivity (Wildman–Crippen MR) is 97.5 cm³/mol. The van der Waals surface area contributed by atoms with Crippen LogP contribution >= 0.6 is 0 Å². The highest BCUT2D eigenvalue weighted by atomic mass is 16.5. The normalized spacial score (nSPS) is 36.0. The van der Waals surface area contributed by atoms with E-state index >= 15 is 0 Å². The molecular formula is C20H26N4O2. The summed E-state index contributed by atoms with van der Waals surface area (Å²) >= 11 is 0. The summed E-state index contributed by atoms with van der Waals surface area (Å²) in [5, 5.41) is 15.6. The van der Waals surface area contributed by atoms with Crippen LogP contribution in [0.25, 0.3) is 0 Å². The van der Waals surface area contributed by atoms with Gasteiger partial charge in [0.1, 0.15) is 11.9 Å². The van der Waals surface area contributed by atoms with E-state index in [-0.39, 0.29) is 34.5 Å². The molecule has 2 aliphatic heterocycles. The number of fused-ring (bicyclic) bond motifs is 1. The summed E-state index contributed by atoms with van der Waals surface area (Å²) in [5.74, 6) is 1.07. The Morgan fingerprint density at radius 2 is 2.15 bits per heavy atom. The predicted octanol–water partition coefficient (Wildman–Crippen LogP) is 2.53. The number of pyridine rings is 1. The minimum Gasteiger partial charge on any atom is -0.368 e. The van der Waals surface area contributed by atoms with Crippen molar-refractivity contribution >= 4 is 11.7 Å². The molecule has 1 amide bonds. The average molecular weight is 354 g/mol. The van der Waals surface area contributed by atoms with Crippen LogP contribution < -0.4 is 10.6 Å². The molecule has 4 aliphatic rings. The van der Waals surface area contributed by atoms with Gasteiger partial charge in [0.2, 0.25) is 5.91 Å². The Hall–Kier alpha value is -2.13. The lowest BCUT2D eigenvalue weighted by atomic mass is 9.66. The summed E-state index contributed by atoms with van der Waals surface area (Å²) in [6, 6.07) is 4.01. The lowest BCUT2D eigenvalue weighted by molar-refractivity contribution is -0.126. The Morgan fingerprint density at radius 1 is 1.46 bits per heavy atom. The number of carbonyl (C=O) groups is 1. The summed E-state index contributed by atoms with van der Waals surface area (Å²) in [7, 11) is 0. The molecular weight excluding hydrogens is 328 g/mol. The van der Waals surface area contributed by atoms with E-state index in [0.717, 1.165) is 30.6 Å². The first kappa shape index (κ1) is 17.3. The van der Waals surface area contributed by atoms with E-state index in [0.29, 0.717) is 12.1 Å². The average Bonchev–Trinajstić information content (AvgIpc) is 2.99. The number of nitrogens with one attached hydrogen (secondary N) is 2. The molecule has 2 saturated carbocycles. The first-order valence-corrected chi connectivity index (χ1v) is 9.29. The van der Waals surface area contributed by atoms with E-state index in [1.165, 1.54) is 0 Å². The van der Waals surface area contributed by atoms with E-state index < -0.39 is 0 Å². The zero-order valence-electron chi connectivity index (χ0n) is 15.8. The van der Waals surface area contributed by atoms with Gasteiger partial charge in [0.15, 0.2) is 0 Å². The molecule has 26 heavy (non-hydrogen) atoms. The molecule has 4 fully saturated rings. The van der Waals surface area contributed by atoms with Crippen molar-refractivity contribution in [2.75, 3.05) is 11.9 Å². The molecule has 6 heteroatoms. The Labute approximate surface area is 154 Å². The number of rotatable bonds is 5. The molecule has 2 unspecified atom stereocenters. The highest BCUT2D eigenvalue weighted by Gasteiger charge is 2.67. The van der Waals surface area contributed by atoms with Crippen molar-refractivity contribution in [2.24, 2.45) is 11.3 Å². The second-order valence-electron chi connectivity index (χ2n) is 9.04. The van der Waals surface area contributed by atoms with Gasteiger partial charge in [-0.05, 0) is 37.3 Å². The molecule has 6 nitrogen and oxygen atoms in total. The van der Waals surface area contributed by atoms with Crippen LogP contribution in [0.1, 0.15) is 51.2 Å². The number of aromatic nitrogens is 1. The van der Waals surface area contributed by atoms with E-state index in [4.69, 9.17) is 10.00 Å². The first-order valence-electron chi connectivity index (χ1n) is 9.29. The largest absolute Gasteiger partial charge is 0.368 e. The summed E-state index contributed by atoms with van der Waals surface area (Å²) in [6.45, 7) is 8.90. The molecule has 2 bridgehead atoms. The van der Waals surface area contributed by atoms with Crippen LogP contribution in [-0.2, 0) is 9.53 Å². The van der Waals surface area contributed by atoms with E-state index in [9.17, 15) is 4.79 Å². The Kier molecular flexibility index (Phi) is 3.61. The SMILES string of the molecule is Cc1cc(NCC23CC(NC(=O)C4CC4(C)C)(C2)C(C)O3)ncc1C#N. The highest BCUT2D eigenvalue weighted by molar-refractivity contribution is 5.83. The second kappa shape index (κ2) is 5.43. The minimum atomic E-state index is -0.241. The van der Waals surface area contributed by atoms with Gasteiger partial charge in [0.25, 0.3) is 0 Å². The number of hydrogen-bond acceptors (Lipinski definition) is 5. The minimum absolute atomic E-state index is 0.0192. The molecule has 2 atom stereocenters. The molecule has 2 aliphatic carbocycles. The maximum Gasteiger partial charge on any atom is 0.224 e. The fraction of sp³-hybridized carbons (Fsp3) is 0.650. The van der Waals surface area contributed by atoms with Gasteiger partial charge in [-0.2, -0.15) is 5.26 Å². The molecule has 1 aromatic rings. The summed E-state index contributed by atoms with van der Waals surface area (Å²) in [6.07, 6.45) is 4.26. The number of amides is 1. The summed E-state index contributed by atoms with van der Waals surface area (Å²) in [5.41, 5.74) is 1.18. The third-order valence-electron chi connectivity index (χ3n) is 6.51. The number of nitriles is 1. The van der Waals surface area contributed by atoms with Gasteiger partial charge in [-0.15, -0.1) is 0 Å². The summed E-state index contributed by atoms with van der Waals surface area (Å²) < 4.78 is 6.22. The van der Waals surface area contributed by atoms with Gasteiger partial charge < -0.3 is 15.4 Å². The van der Waals surface area contributed by atoms with Crippen LogP contribution in [0.3, 0.4) is 0 Å². The zero-order chi connectivity index (χ0) is 18.7. The van der Waals surface area contributed by atoms with Crippen LogP contribution in [-0.4, -0.2) is 34.7 Å². The fourth-order valence-electron chi connectivity index (χ4n) is 4.58. The van der Waals surface area contributed by atoms with Crippen molar-refractivity contribution < 1.29 is 9.53 Å². The van der Waals surface area contributed by atoms with Gasteiger partial charge in [-0.25, -0.2) is 4.98 Å². The molecule has 2 N–H and O–H groups in total. The van der Waals surface area contributed by atoms with Crippen molar-refractivity contribution in [1.29, 1.82) is 5.26 Å². The quantitative estimate of drug-likeness (QED) is 0.848. The topological polar surface area (TPSA) is 87.0 Å². The Morgan fingerprint density at radius 3 is 2.73 bits per heavy atom. The smallest absolute Gasteiger partial charge is 0.224 e. The molecule has 1 aromatic heterocycles. The standard InChI is InChI=1S/C20H26N4O2/c1-12-5-16(22-8-14(12)7-21)23-11-19-9-20(10-19,13(2)26-19)24-17(25)15-6-18(15,3)4/h5,8,13,15H,6,9-11H2,1-4H3,(H,22,23)(H,24,25). The maximum absolute atomic E-state index is 12.5. The van der Waals surface area contributed by atoms with Gasteiger partial charge >= 0.3 is 0 Å². The lowest BCUT2D eigenvalue weighted by Crippen LogP contribution is -2.63. The molecule has 0 aromatic carbocycles. The number of ether oxygens (including phenoxy) is 1. The van der Waals surface area contributed by atoms with Gasteiger partial charge in [0.05, 0.1) is 22.8 Å². The number of nitrogens with zero attached hydrogens (tertiary/aromatic N) is 2. The van der Waals surface area contributed by atoms with Crippen LogP contribution in [0.15, 0.2) is 12.3 Å². The van der Waals surface area contributed by atoms with Crippen molar-refractivity contribution in [3.63, 3.8) is 0 Å². The maximum atomic E-state index is 12.5. The van der Waals surface area contributed by atoms with E-state index in [1.807, 2.05) is 13.0 Å². The van der Waals surface area contributed by atoms with Gasteiger partial charge in [-0.3, -0.25) is 4.79 Å². The zero-order valence-corrected chi connectivity index (χ0v) is 15.8. The number of aryl methyl sites for hydroxylation is 1. The monoisotopic (exact) mass is 354 g/mol. The second-order valence-corrected chi connectivity index (χ2v) is 9.04. The third-order valence-corrected chi connectivity index (χ3v) is 6.51. The first-order chi connectivity index (χ1) is 12.2. The Balaban J connectivity index is 1.36. The van der Waals surface area contributed by atoms with Gasteiger partial charge in [-0.1, -0.05) is 13.8 Å². The lowest BCUT2D eigenvalue weighted by Gasteiger charge is -2.45. The fourth-order valence-corrected chi connectivity index (χ4v) is 4.58. The molecule has 0 spiro atoms. The molecule has 2 saturated heterocycles. The van der Waals surface area contributed by atoms with Crippen LogP contribution in [0, 0.1) is 29.6 Å². The van der Waals surface area contributed by atoms with E-state index in [1.54, 1.807) is 6.20 Å². The molecule has 3 heterocycles. The summed E-state index contributed by atoms with van der Waals surface area (Å²) in [4.78, 5) is 16.8. The number of anilines is 1. The van der Waals surface area contributed by atoms with Crippen LogP contribution in [0.4, 0.5) is 5.82 Å². The third kappa shape index (κ3) is 2.66. The van der Waals surface area contributed by atoms with Crippen molar-refractivity contribution in [2.45, 2.75) is 64.2 Å². The Bertz CT molecular complexity index is 805. The van der Waals surface area contributed by atoms with Crippen LogP contribution in [0.2, 0.25) is 0 Å². The molecule has 138 valence electrons. The van der Waals surface area contributed by atoms with Crippen molar-refractivity contribution in [3.8, 4) is 6.07 Å². The number of carbonyl (C=O) groups excluding carboxylic acids is 1. The van der Waals surface area contributed by atoms with Crippen molar-refractivity contribution in [1.82, 2.24) is 10.3 Å². The van der Waals surface area contributed by atoms with E-state index in [2.05, 4.69) is 42.5 Å². The van der Waals surface area contributed by atoms with Crippen molar-refractivity contribution in [3.05, 3.63) is 23.4 Å². The number of hydrogen-bond donors (Lipinski definition) is 2. The van der Waals surface area contributed by atoms with Gasteiger partial charge in [0, 0.05) is 31.5 Å². The molecule has 5 rings (SSSR count).